The number of carbonyl (C=O) groups is 1. The molecule has 0 aliphatic carbocycles. The molecule has 1 heterocycles. The molecule has 2 rings (SSSR count). The van der Waals surface area contributed by atoms with Crippen molar-refractivity contribution in [3.8, 4) is 0 Å². The number of amides is 1. The van der Waals surface area contributed by atoms with Gasteiger partial charge in [-0.3, -0.25) is 4.79 Å². The first-order valence-electron chi connectivity index (χ1n) is 6.96. The van der Waals surface area contributed by atoms with Crippen molar-refractivity contribution in [2.24, 2.45) is 0 Å². The molecule has 2 atom stereocenters. The Kier molecular flexibility index (Phi) is 4.62. The number of hydrogen-bond donors (Lipinski definition) is 2. The van der Waals surface area contributed by atoms with Crippen LogP contribution in [0.5, 0.6) is 0 Å². The summed E-state index contributed by atoms with van der Waals surface area (Å²) in [5, 5.41) is 18.9. The lowest BCUT2D eigenvalue weighted by Crippen LogP contribution is -2.53. The van der Waals surface area contributed by atoms with Gasteiger partial charge in [-0.15, -0.1) is 0 Å². The Morgan fingerprint density at radius 1 is 1.15 bits per heavy atom. The molecular formula is C15H22N2O3. The summed E-state index contributed by atoms with van der Waals surface area (Å²) in [6.45, 7) is 6.11. The number of para-hydroxylation sites is 1. The van der Waals surface area contributed by atoms with E-state index in [1.54, 1.807) is 4.90 Å². The van der Waals surface area contributed by atoms with Gasteiger partial charge < -0.3 is 20.0 Å². The Labute approximate surface area is 119 Å². The van der Waals surface area contributed by atoms with Crippen molar-refractivity contribution in [1.82, 2.24) is 4.90 Å². The normalized spacial score (nSPS) is 18.8. The van der Waals surface area contributed by atoms with Gasteiger partial charge in [-0.05, 0) is 25.5 Å². The van der Waals surface area contributed by atoms with Gasteiger partial charge in [-0.1, -0.05) is 18.2 Å². The SMILES string of the molecule is Cc1ccccc1N1CCN(C(=O)[C@H](O)[C@H](C)O)CC1. The maximum Gasteiger partial charge on any atom is 0.254 e. The second-order valence-corrected chi connectivity index (χ2v) is 5.28. The number of carbonyl (C=O) groups excluding carboxylic acids is 1. The van der Waals surface area contributed by atoms with Crippen LogP contribution in [0.4, 0.5) is 5.69 Å². The Balaban J connectivity index is 1.96. The fourth-order valence-corrected chi connectivity index (χ4v) is 2.48. The van der Waals surface area contributed by atoms with Crippen LogP contribution in [0.1, 0.15) is 12.5 Å². The van der Waals surface area contributed by atoms with Crippen LogP contribution < -0.4 is 4.90 Å². The molecule has 1 saturated heterocycles. The number of aliphatic hydroxyl groups is 2. The Morgan fingerprint density at radius 2 is 1.75 bits per heavy atom. The van der Waals surface area contributed by atoms with E-state index in [2.05, 4.69) is 24.0 Å². The average Bonchev–Trinajstić information content (AvgIpc) is 2.46. The molecule has 5 heteroatoms. The van der Waals surface area contributed by atoms with Crippen LogP contribution in [0.15, 0.2) is 24.3 Å². The van der Waals surface area contributed by atoms with Gasteiger partial charge in [-0.25, -0.2) is 0 Å². The molecule has 20 heavy (non-hydrogen) atoms. The Bertz CT molecular complexity index is 468. The van der Waals surface area contributed by atoms with Gasteiger partial charge in [-0.2, -0.15) is 0 Å². The number of rotatable bonds is 3. The van der Waals surface area contributed by atoms with Crippen molar-refractivity contribution in [3.63, 3.8) is 0 Å². The van der Waals surface area contributed by atoms with Gasteiger partial charge in [0.2, 0.25) is 0 Å². The van der Waals surface area contributed by atoms with Crippen LogP contribution in [0, 0.1) is 6.92 Å². The molecule has 0 radical (unpaired) electrons. The first kappa shape index (κ1) is 14.8. The molecule has 0 unspecified atom stereocenters. The van der Waals surface area contributed by atoms with Gasteiger partial charge in [0.1, 0.15) is 0 Å². The summed E-state index contributed by atoms with van der Waals surface area (Å²) in [5.41, 5.74) is 2.41. The zero-order valence-corrected chi connectivity index (χ0v) is 12.0. The van der Waals surface area contributed by atoms with Crippen LogP contribution >= 0.6 is 0 Å². The molecule has 1 aromatic rings. The molecule has 110 valence electrons. The second kappa shape index (κ2) is 6.24. The van der Waals surface area contributed by atoms with E-state index in [0.717, 1.165) is 13.1 Å². The molecule has 1 aromatic carbocycles. The minimum Gasteiger partial charge on any atom is -0.390 e. The monoisotopic (exact) mass is 278 g/mol. The molecule has 0 saturated carbocycles. The van der Waals surface area contributed by atoms with E-state index >= 15 is 0 Å². The van der Waals surface area contributed by atoms with E-state index in [-0.39, 0.29) is 5.91 Å². The minimum absolute atomic E-state index is 0.385. The number of aliphatic hydroxyl groups excluding tert-OH is 2. The van der Waals surface area contributed by atoms with Crippen LogP contribution in [-0.2, 0) is 4.79 Å². The van der Waals surface area contributed by atoms with E-state index in [1.807, 2.05) is 12.1 Å². The first-order valence-corrected chi connectivity index (χ1v) is 6.96. The van der Waals surface area contributed by atoms with Crippen molar-refractivity contribution >= 4 is 11.6 Å². The smallest absolute Gasteiger partial charge is 0.254 e. The summed E-state index contributed by atoms with van der Waals surface area (Å²) in [4.78, 5) is 15.8. The third kappa shape index (κ3) is 3.11. The average molecular weight is 278 g/mol. The highest BCUT2D eigenvalue weighted by Crippen LogP contribution is 2.21. The molecular weight excluding hydrogens is 256 g/mol. The quantitative estimate of drug-likeness (QED) is 0.839. The minimum atomic E-state index is -1.32. The van der Waals surface area contributed by atoms with Crippen molar-refractivity contribution in [3.05, 3.63) is 29.8 Å². The Morgan fingerprint density at radius 3 is 2.30 bits per heavy atom. The number of aryl methyl sites for hydroxylation is 1. The van der Waals surface area contributed by atoms with E-state index in [4.69, 9.17) is 0 Å². The van der Waals surface area contributed by atoms with E-state index in [0.29, 0.717) is 13.1 Å². The summed E-state index contributed by atoms with van der Waals surface area (Å²) in [6, 6.07) is 8.18. The van der Waals surface area contributed by atoms with Gasteiger partial charge >= 0.3 is 0 Å². The molecule has 5 nitrogen and oxygen atoms in total. The van der Waals surface area contributed by atoms with Gasteiger partial charge in [0, 0.05) is 31.9 Å². The van der Waals surface area contributed by atoms with Crippen molar-refractivity contribution in [1.29, 1.82) is 0 Å². The van der Waals surface area contributed by atoms with E-state index in [1.165, 1.54) is 18.2 Å². The van der Waals surface area contributed by atoms with Crippen LogP contribution in [0.3, 0.4) is 0 Å². The molecule has 0 bridgehead atoms. The number of benzene rings is 1. The van der Waals surface area contributed by atoms with Crippen LogP contribution in [-0.4, -0.2) is 59.4 Å². The maximum absolute atomic E-state index is 11.9. The number of nitrogens with zero attached hydrogens (tertiary/aromatic N) is 2. The number of piperazine rings is 1. The number of anilines is 1. The van der Waals surface area contributed by atoms with E-state index in [9.17, 15) is 15.0 Å². The van der Waals surface area contributed by atoms with Gasteiger partial charge in [0.05, 0.1) is 6.10 Å². The second-order valence-electron chi connectivity index (χ2n) is 5.28. The lowest BCUT2D eigenvalue weighted by atomic mass is 10.1. The zero-order valence-electron chi connectivity index (χ0n) is 12.0. The third-order valence-corrected chi connectivity index (χ3v) is 3.76. The van der Waals surface area contributed by atoms with Gasteiger partial charge in [0.25, 0.3) is 5.91 Å². The highest BCUT2D eigenvalue weighted by Gasteiger charge is 2.28. The fraction of sp³-hybridized carbons (Fsp3) is 0.533. The molecule has 1 aliphatic heterocycles. The largest absolute Gasteiger partial charge is 0.390 e. The standard InChI is InChI=1S/C15H22N2O3/c1-11-5-3-4-6-13(11)16-7-9-17(10-8-16)15(20)14(19)12(2)18/h3-6,12,14,18-19H,7-10H2,1-2H3/t12-,14+/m0/s1. The summed E-state index contributed by atoms with van der Waals surface area (Å²) in [7, 11) is 0. The lowest BCUT2D eigenvalue weighted by molar-refractivity contribution is -0.145. The third-order valence-electron chi connectivity index (χ3n) is 3.76. The Hall–Kier alpha value is -1.59. The summed E-state index contributed by atoms with van der Waals surface area (Å²) in [5.74, 6) is -0.385. The predicted octanol–water partition coefficient (Wildman–Crippen LogP) is 0.385. The van der Waals surface area contributed by atoms with Crippen molar-refractivity contribution in [2.45, 2.75) is 26.1 Å². The first-order chi connectivity index (χ1) is 9.50. The summed E-state index contributed by atoms with van der Waals surface area (Å²) >= 11 is 0. The maximum atomic E-state index is 11.9. The molecule has 1 fully saturated rings. The van der Waals surface area contributed by atoms with Crippen molar-refractivity contribution < 1.29 is 15.0 Å². The number of hydrogen-bond acceptors (Lipinski definition) is 4. The molecule has 0 spiro atoms. The highest BCUT2D eigenvalue weighted by molar-refractivity contribution is 5.81. The van der Waals surface area contributed by atoms with Crippen LogP contribution in [0.25, 0.3) is 0 Å². The topological polar surface area (TPSA) is 64.0 Å². The fourth-order valence-electron chi connectivity index (χ4n) is 2.48. The van der Waals surface area contributed by atoms with Crippen LogP contribution in [0.2, 0.25) is 0 Å². The van der Waals surface area contributed by atoms with E-state index < -0.39 is 12.2 Å². The molecule has 1 amide bonds. The summed E-state index contributed by atoms with van der Waals surface area (Å²) < 4.78 is 0. The predicted molar refractivity (Wildman–Crippen MR) is 77.7 cm³/mol. The molecule has 0 aromatic heterocycles. The zero-order chi connectivity index (χ0) is 14.7. The summed E-state index contributed by atoms with van der Waals surface area (Å²) in [6.07, 6.45) is -2.35. The molecule has 1 aliphatic rings. The highest BCUT2D eigenvalue weighted by atomic mass is 16.3. The van der Waals surface area contributed by atoms with Crippen molar-refractivity contribution in [2.75, 3.05) is 31.1 Å². The van der Waals surface area contributed by atoms with Gasteiger partial charge in [0.15, 0.2) is 6.10 Å². The molecule has 2 N–H and O–H groups in total. The lowest BCUT2D eigenvalue weighted by Gasteiger charge is -2.37.